The van der Waals surface area contributed by atoms with Gasteiger partial charge in [0.1, 0.15) is 23.1 Å². The number of halogens is 1. The quantitative estimate of drug-likeness (QED) is 0.466. The topological polar surface area (TPSA) is 53.5 Å². The number of benzene rings is 3. The Hall–Kier alpha value is -3.87. The van der Waals surface area contributed by atoms with Crippen molar-refractivity contribution in [2.45, 2.75) is 6.54 Å². The standard InChI is InChI=1S/C26H26FN5O/c1-33-23-13-7-11-21(27)24(23)31-14-16-32(17-15-31)26-29-22-12-6-5-10-20(22)25(30-26)28-18-19-8-3-2-4-9-19/h2-13H,14-18H2,1H3,(H,28,29,30). The molecule has 0 atom stereocenters. The summed E-state index contributed by atoms with van der Waals surface area (Å²) in [5, 5.41) is 4.48. The maximum Gasteiger partial charge on any atom is 0.228 e. The lowest BCUT2D eigenvalue weighted by Gasteiger charge is -2.36. The first-order chi connectivity index (χ1) is 16.2. The van der Waals surface area contributed by atoms with Crippen LogP contribution in [0.1, 0.15) is 5.56 Å². The molecule has 0 amide bonds. The number of nitrogens with one attached hydrogen (secondary N) is 1. The van der Waals surface area contributed by atoms with E-state index in [9.17, 15) is 4.39 Å². The summed E-state index contributed by atoms with van der Waals surface area (Å²) in [5.74, 6) is 1.79. The molecule has 3 aromatic carbocycles. The Kier molecular flexibility index (Phi) is 5.93. The Morgan fingerprint density at radius 1 is 0.848 bits per heavy atom. The third-order valence-electron chi connectivity index (χ3n) is 5.94. The molecule has 33 heavy (non-hydrogen) atoms. The average molecular weight is 444 g/mol. The molecule has 1 fully saturated rings. The van der Waals surface area contributed by atoms with E-state index in [4.69, 9.17) is 14.7 Å². The molecule has 1 aromatic heterocycles. The molecular weight excluding hydrogens is 417 g/mol. The zero-order valence-electron chi connectivity index (χ0n) is 18.5. The second kappa shape index (κ2) is 9.32. The van der Waals surface area contributed by atoms with E-state index in [1.165, 1.54) is 11.6 Å². The van der Waals surface area contributed by atoms with Gasteiger partial charge in [-0.15, -0.1) is 0 Å². The van der Waals surface area contributed by atoms with Crippen LogP contribution in [-0.4, -0.2) is 43.3 Å². The van der Waals surface area contributed by atoms with Crippen molar-refractivity contribution in [2.75, 3.05) is 48.4 Å². The highest BCUT2D eigenvalue weighted by molar-refractivity contribution is 5.90. The third kappa shape index (κ3) is 4.39. The summed E-state index contributed by atoms with van der Waals surface area (Å²) in [6.45, 7) is 3.37. The molecule has 1 N–H and O–H groups in total. The van der Waals surface area contributed by atoms with Crippen LogP contribution in [0.15, 0.2) is 72.8 Å². The van der Waals surface area contributed by atoms with Crippen molar-refractivity contribution in [2.24, 2.45) is 0 Å². The van der Waals surface area contributed by atoms with Gasteiger partial charge in [0.25, 0.3) is 0 Å². The predicted octanol–water partition coefficient (Wildman–Crippen LogP) is 4.72. The lowest BCUT2D eigenvalue weighted by Crippen LogP contribution is -2.47. The number of ether oxygens (including phenoxy) is 1. The summed E-state index contributed by atoms with van der Waals surface area (Å²) in [4.78, 5) is 13.9. The van der Waals surface area contributed by atoms with Gasteiger partial charge in [-0.2, -0.15) is 4.98 Å². The van der Waals surface area contributed by atoms with Crippen LogP contribution in [0, 0.1) is 5.82 Å². The van der Waals surface area contributed by atoms with Crippen LogP contribution in [-0.2, 0) is 6.54 Å². The molecule has 168 valence electrons. The fourth-order valence-electron chi connectivity index (χ4n) is 4.22. The number of hydrogen-bond acceptors (Lipinski definition) is 6. The van der Waals surface area contributed by atoms with E-state index in [0.29, 0.717) is 50.1 Å². The molecule has 5 rings (SSSR count). The largest absolute Gasteiger partial charge is 0.494 e. The van der Waals surface area contributed by atoms with Crippen molar-refractivity contribution in [1.29, 1.82) is 0 Å². The number of rotatable bonds is 6. The molecule has 1 aliphatic heterocycles. The minimum Gasteiger partial charge on any atom is -0.494 e. The monoisotopic (exact) mass is 443 g/mol. The van der Waals surface area contributed by atoms with Gasteiger partial charge in [0.15, 0.2) is 0 Å². The molecule has 1 saturated heterocycles. The SMILES string of the molecule is COc1cccc(F)c1N1CCN(c2nc(NCc3ccccc3)c3ccccc3n2)CC1. The molecule has 0 unspecified atom stereocenters. The predicted molar refractivity (Wildman–Crippen MR) is 131 cm³/mol. The highest BCUT2D eigenvalue weighted by Gasteiger charge is 2.24. The van der Waals surface area contributed by atoms with Crippen LogP contribution in [0.3, 0.4) is 0 Å². The third-order valence-corrected chi connectivity index (χ3v) is 5.94. The molecule has 0 radical (unpaired) electrons. The molecule has 1 aliphatic rings. The fourth-order valence-corrected chi connectivity index (χ4v) is 4.22. The molecule has 2 heterocycles. The zero-order chi connectivity index (χ0) is 22.6. The second-order valence-corrected chi connectivity index (χ2v) is 7.99. The van der Waals surface area contributed by atoms with Crippen molar-refractivity contribution < 1.29 is 9.13 Å². The van der Waals surface area contributed by atoms with Crippen LogP contribution in [0.25, 0.3) is 10.9 Å². The van der Waals surface area contributed by atoms with Gasteiger partial charge < -0.3 is 19.9 Å². The second-order valence-electron chi connectivity index (χ2n) is 7.99. The van der Waals surface area contributed by atoms with Gasteiger partial charge in [-0.25, -0.2) is 9.37 Å². The Balaban J connectivity index is 1.37. The molecular formula is C26H26FN5O. The zero-order valence-corrected chi connectivity index (χ0v) is 18.5. The Morgan fingerprint density at radius 3 is 2.36 bits per heavy atom. The first-order valence-corrected chi connectivity index (χ1v) is 11.1. The summed E-state index contributed by atoms with van der Waals surface area (Å²) in [7, 11) is 1.57. The van der Waals surface area contributed by atoms with Gasteiger partial charge in [0.2, 0.25) is 5.95 Å². The van der Waals surface area contributed by atoms with Gasteiger partial charge in [-0.05, 0) is 29.8 Å². The van der Waals surface area contributed by atoms with Crippen LogP contribution < -0.4 is 19.9 Å². The summed E-state index contributed by atoms with van der Waals surface area (Å²) >= 11 is 0. The van der Waals surface area contributed by atoms with Gasteiger partial charge in [0, 0.05) is 38.1 Å². The first-order valence-electron chi connectivity index (χ1n) is 11.1. The molecule has 7 heteroatoms. The normalized spacial score (nSPS) is 13.9. The van der Waals surface area contributed by atoms with E-state index in [-0.39, 0.29) is 5.82 Å². The van der Waals surface area contributed by atoms with Crippen molar-refractivity contribution in [1.82, 2.24) is 9.97 Å². The number of fused-ring (bicyclic) bond motifs is 1. The van der Waals surface area contributed by atoms with E-state index in [2.05, 4.69) is 22.3 Å². The van der Waals surface area contributed by atoms with Crippen molar-refractivity contribution in [3.63, 3.8) is 0 Å². The molecule has 0 bridgehead atoms. The minimum atomic E-state index is -0.267. The lowest BCUT2D eigenvalue weighted by atomic mass is 10.2. The van der Waals surface area contributed by atoms with E-state index in [0.717, 1.165) is 16.7 Å². The van der Waals surface area contributed by atoms with Crippen LogP contribution in [0.5, 0.6) is 5.75 Å². The molecule has 0 aliphatic carbocycles. The summed E-state index contributed by atoms with van der Waals surface area (Å²) in [5.41, 5.74) is 2.61. The smallest absolute Gasteiger partial charge is 0.228 e. The van der Waals surface area contributed by atoms with E-state index in [1.807, 2.05) is 47.4 Å². The fraction of sp³-hybridized carbons (Fsp3) is 0.231. The number of anilines is 3. The van der Waals surface area contributed by atoms with Crippen molar-refractivity contribution >= 4 is 28.4 Å². The van der Waals surface area contributed by atoms with E-state index >= 15 is 0 Å². The number of nitrogens with zero attached hydrogens (tertiary/aromatic N) is 4. The molecule has 4 aromatic rings. The van der Waals surface area contributed by atoms with Gasteiger partial charge >= 0.3 is 0 Å². The number of aromatic nitrogens is 2. The Labute approximate surface area is 192 Å². The lowest BCUT2D eigenvalue weighted by molar-refractivity contribution is 0.410. The van der Waals surface area contributed by atoms with E-state index < -0.39 is 0 Å². The Bertz CT molecular complexity index is 1240. The van der Waals surface area contributed by atoms with Gasteiger partial charge in [0.05, 0.1) is 12.6 Å². The van der Waals surface area contributed by atoms with E-state index in [1.54, 1.807) is 19.2 Å². The maximum absolute atomic E-state index is 14.5. The average Bonchev–Trinajstić information content (AvgIpc) is 2.87. The van der Waals surface area contributed by atoms with Crippen LogP contribution in [0.2, 0.25) is 0 Å². The number of hydrogen-bond donors (Lipinski definition) is 1. The minimum absolute atomic E-state index is 0.267. The highest BCUT2D eigenvalue weighted by atomic mass is 19.1. The van der Waals surface area contributed by atoms with Crippen LogP contribution >= 0.6 is 0 Å². The molecule has 0 saturated carbocycles. The van der Waals surface area contributed by atoms with Crippen LogP contribution in [0.4, 0.5) is 21.8 Å². The molecule has 0 spiro atoms. The number of piperazine rings is 1. The highest BCUT2D eigenvalue weighted by Crippen LogP contribution is 2.32. The van der Waals surface area contributed by atoms with Gasteiger partial charge in [-0.1, -0.05) is 48.5 Å². The summed E-state index contributed by atoms with van der Waals surface area (Å²) in [6.07, 6.45) is 0. The van der Waals surface area contributed by atoms with Gasteiger partial charge in [-0.3, -0.25) is 0 Å². The number of para-hydroxylation sites is 2. The molecule has 6 nitrogen and oxygen atoms in total. The maximum atomic E-state index is 14.5. The van der Waals surface area contributed by atoms with Crippen molar-refractivity contribution in [3.05, 3.63) is 84.2 Å². The summed E-state index contributed by atoms with van der Waals surface area (Å²) < 4.78 is 19.9. The van der Waals surface area contributed by atoms with Crippen molar-refractivity contribution in [3.8, 4) is 5.75 Å². The first kappa shape index (κ1) is 21.0. The Morgan fingerprint density at radius 2 is 1.58 bits per heavy atom. The number of methoxy groups -OCH3 is 1. The summed E-state index contributed by atoms with van der Waals surface area (Å²) in [6, 6.07) is 23.2.